The van der Waals surface area contributed by atoms with E-state index in [9.17, 15) is 4.79 Å². The van der Waals surface area contributed by atoms with Gasteiger partial charge in [0, 0.05) is 37.6 Å². The maximum atomic E-state index is 11.9. The Morgan fingerprint density at radius 3 is 2.76 bits per heavy atom. The molecule has 0 radical (unpaired) electrons. The first-order chi connectivity index (χ1) is 10.2. The van der Waals surface area contributed by atoms with Gasteiger partial charge in [0.15, 0.2) is 0 Å². The van der Waals surface area contributed by atoms with Crippen LogP contribution in [0.2, 0.25) is 0 Å². The number of benzene rings is 1. The summed E-state index contributed by atoms with van der Waals surface area (Å²) < 4.78 is 5.36. The lowest BCUT2D eigenvalue weighted by Crippen LogP contribution is -2.24. The Morgan fingerprint density at radius 1 is 1.38 bits per heavy atom. The first-order valence-corrected chi connectivity index (χ1v) is 7.17. The predicted molar refractivity (Wildman–Crippen MR) is 79.3 cm³/mol. The number of hydrogen-bond acceptors (Lipinski definition) is 3. The number of ether oxygens (including phenoxy) is 1. The van der Waals surface area contributed by atoms with E-state index in [1.807, 2.05) is 36.1 Å². The molecule has 1 aliphatic heterocycles. The fraction of sp³-hybridized carbons (Fsp3) is 0.533. The van der Waals surface area contributed by atoms with Gasteiger partial charge in [0.2, 0.25) is 5.91 Å². The third-order valence-electron chi connectivity index (χ3n) is 3.57. The van der Waals surface area contributed by atoms with E-state index >= 15 is 0 Å². The summed E-state index contributed by atoms with van der Waals surface area (Å²) in [6.07, 6.45) is 0.474. The Hall–Kier alpha value is -2.04. The Morgan fingerprint density at radius 2 is 2.10 bits per heavy atom. The molecular formula is C15H20N4O2. The molecule has 1 aliphatic rings. The minimum Gasteiger partial charge on any atom is -0.377 e. The number of azide groups is 1. The second-order valence-electron chi connectivity index (χ2n) is 5.21. The van der Waals surface area contributed by atoms with Crippen LogP contribution in [0.4, 0.5) is 0 Å². The number of carbonyl (C=O) groups is 1. The second kappa shape index (κ2) is 7.67. The summed E-state index contributed by atoms with van der Waals surface area (Å²) in [5.41, 5.74) is 10.6. The van der Waals surface area contributed by atoms with Crippen molar-refractivity contribution >= 4 is 5.91 Å². The highest BCUT2D eigenvalue weighted by Gasteiger charge is 2.28. The van der Waals surface area contributed by atoms with Crippen LogP contribution >= 0.6 is 0 Å². The second-order valence-corrected chi connectivity index (χ2v) is 5.21. The lowest BCUT2D eigenvalue weighted by atomic mass is 10.1. The van der Waals surface area contributed by atoms with Gasteiger partial charge in [-0.15, -0.1) is 0 Å². The van der Waals surface area contributed by atoms with Crippen LogP contribution in [0, 0.1) is 5.92 Å². The van der Waals surface area contributed by atoms with Crippen molar-refractivity contribution in [1.29, 1.82) is 0 Å². The van der Waals surface area contributed by atoms with Gasteiger partial charge in [-0.05, 0) is 29.5 Å². The molecular weight excluding hydrogens is 268 g/mol. The normalized spacial score (nSPS) is 17.9. The highest BCUT2D eigenvalue weighted by Crippen LogP contribution is 2.20. The molecule has 1 aromatic rings. The van der Waals surface area contributed by atoms with Gasteiger partial charge >= 0.3 is 0 Å². The van der Waals surface area contributed by atoms with Crippen LogP contribution in [0.3, 0.4) is 0 Å². The smallest absolute Gasteiger partial charge is 0.223 e. The summed E-state index contributed by atoms with van der Waals surface area (Å²) in [6, 6.07) is 8.12. The molecule has 6 nitrogen and oxygen atoms in total. The number of hydrogen-bond donors (Lipinski definition) is 0. The topological polar surface area (TPSA) is 78.3 Å². The van der Waals surface area contributed by atoms with Gasteiger partial charge in [-0.1, -0.05) is 29.4 Å². The summed E-state index contributed by atoms with van der Waals surface area (Å²) in [6.45, 7) is 4.97. The van der Waals surface area contributed by atoms with Crippen LogP contribution in [0.1, 0.15) is 24.5 Å². The summed E-state index contributed by atoms with van der Waals surface area (Å²) in [5, 5.41) is 3.56. The van der Waals surface area contributed by atoms with Gasteiger partial charge in [0.25, 0.3) is 0 Å². The molecule has 1 saturated heterocycles. The van der Waals surface area contributed by atoms with Crippen molar-refractivity contribution in [2.45, 2.75) is 26.5 Å². The quantitative estimate of drug-likeness (QED) is 0.439. The van der Waals surface area contributed by atoms with Crippen LogP contribution in [0.15, 0.2) is 29.4 Å². The summed E-state index contributed by atoms with van der Waals surface area (Å²) in [4.78, 5) is 16.5. The van der Waals surface area contributed by atoms with Crippen molar-refractivity contribution in [2.75, 3.05) is 19.7 Å². The molecule has 6 heteroatoms. The van der Waals surface area contributed by atoms with Crippen LogP contribution < -0.4 is 0 Å². The third-order valence-corrected chi connectivity index (χ3v) is 3.57. The van der Waals surface area contributed by atoms with Gasteiger partial charge in [-0.2, -0.15) is 0 Å². The standard InChI is InChI=1S/C15H20N4O2/c1-2-21-11-13-5-3-12(4-6-13)9-19-10-14(7-15(19)20)8-17-18-16/h3-6,14H,2,7-11H2,1H3. The molecule has 1 aromatic carbocycles. The SMILES string of the molecule is CCOCc1ccc(CN2CC(CN=[N+]=[N-])CC2=O)cc1. The number of likely N-dealkylation sites (tertiary alicyclic amines) is 1. The summed E-state index contributed by atoms with van der Waals surface area (Å²) >= 11 is 0. The molecule has 112 valence electrons. The Balaban J connectivity index is 1.89. The Labute approximate surface area is 124 Å². The zero-order chi connectivity index (χ0) is 15.1. The van der Waals surface area contributed by atoms with E-state index < -0.39 is 0 Å². The van der Waals surface area contributed by atoms with E-state index in [2.05, 4.69) is 10.0 Å². The average Bonchev–Trinajstić information content (AvgIpc) is 2.84. The van der Waals surface area contributed by atoms with E-state index in [0.29, 0.717) is 39.3 Å². The molecule has 0 bridgehead atoms. The molecule has 0 aromatic heterocycles. The van der Waals surface area contributed by atoms with Crippen molar-refractivity contribution in [3.05, 3.63) is 45.8 Å². The van der Waals surface area contributed by atoms with Gasteiger partial charge in [-0.3, -0.25) is 4.79 Å². The van der Waals surface area contributed by atoms with Gasteiger partial charge in [0.1, 0.15) is 0 Å². The molecule has 0 saturated carbocycles. The predicted octanol–water partition coefficient (Wildman–Crippen LogP) is 2.88. The van der Waals surface area contributed by atoms with Crippen molar-refractivity contribution in [3.63, 3.8) is 0 Å². The fourth-order valence-electron chi connectivity index (χ4n) is 2.46. The van der Waals surface area contributed by atoms with Crippen molar-refractivity contribution in [1.82, 2.24) is 4.90 Å². The minimum atomic E-state index is 0.131. The molecule has 0 N–H and O–H groups in total. The van der Waals surface area contributed by atoms with E-state index in [0.717, 1.165) is 11.1 Å². The van der Waals surface area contributed by atoms with Crippen LogP contribution in [-0.4, -0.2) is 30.5 Å². The number of rotatable bonds is 7. The average molecular weight is 288 g/mol. The summed E-state index contributed by atoms with van der Waals surface area (Å²) in [5.74, 6) is 0.275. The molecule has 0 aliphatic carbocycles. The van der Waals surface area contributed by atoms with Gasteiger partial charge < -0.3 is 9.64 Å². The maximum absolute atomic E-state index is 11.9. The Bertz CT molecular complexity index is 523. The van der Waals surface area contributed by atoms with Crippen LogP contribution in [0.25, 0.3) is 10.4 Å². The van der Waals surface area contributed by atoms with E-state index in [4.69, 9.17) is 10.3 Å². The lowest BCUT2D eigenvalue weighted by Gasteiger charge is -2.16. The third kappa shape index (κ3) is 4.48. The van der Waals surface area contributed by atoms with Crippen LogP contribution in [0.5, 0.6) is 0 Å². The molecule has 0 spiro atoms. The molecule has 21 heavy (non-hydrogen) atoms. The zero-order valence-electron chi connectivity index (χ0n) is 12.2. The fourth-order valence-corrected chi connectivity index (χ4v) is 2.46. The van der Waals surface area contributed by atoms with Gasteiger partial charge in [0.05, 0.1) is 6.61 Å². The number of nitrogens with zero attached hydrogens (tertiary/aromatic N) is 4. The molecule has 1 unspecified atom stereocenters. The van der Waals surface area contributed by atoms with Gasteiger partial charge in [-0.25, -0.2) is 0 Å². The number of carbonyl (C=O) groups excluding carboxylic acids is 1. The molecule has 2 rings (SSSR count). The van der Waals surface area contributed by atoms with E-state index in [1.54, 1.807) is 0 Å². The van der Waals surface area contributed by atoms with Crippen molar-refractivity contribution in [2.24, 2.45) is 11.0 Å². The molecule has 1 heterocycles. The first kappa shape index (κ1) is 15.4. The number of amides is 1. The lowest BCUT2D eigenvalue weighted by molar-refractivity contribution is -0.128. The first-order valence-electron chi connectivity index (χ1n) is 7.17. The summed E-state index contributed by atoms with van der Waals surface area (Å²) in [7, 11) is 0. The molecule has 1 amide bonds. The highest BCUT2D eigenvalue weighted by molar-refractivity contribution is 5.78. The zero-order valence-corrected chi connectivity index (χ0v) is 12.2. The molecule has 1 fully saturated rings. The van der Waals surface area contributed by atoms with Crippen LogP contribution in [-0.2, 0) is 22.7 Å². The maximum Gasteiger partial charge on any atom is 0.223 e. The molecule has 1 atom stereocenters. The Kier molecular flexibility index (Phi) is 5.60. The monoisotopic (exact) mass is 288 g/mol. The van der Waals surface area contributed by atoms with Crippen molar-refractivity contribution < 1.29 is 9.53 Å². The largest absolute Gasteiger partial charge is 0.377 e. The van der Waals surface area contributed by atoms with E-state index in [-0.39, 0.29) is 11.8 Å². The highest BCUT2D eigenvalue weighted by atomic mass is 16.5. The van der Waals surface area contributed by atoms with E-state index in [1.165, 1.54) is 0 Å². The minimum absolute atomic E-state index is 0.131. The van der Waals surface area contributed by atoms with Crippen molar-refractivity contribution in [3.8, 4) is 0 Å².